The van der Waals surface area contributed by atoms with Crippen LogP contribution in [0, 0.1) is 11.3 Å². The normalized spacial score (nSPS) is 11.4. The fourth-order valence-corrected chi connectivity index (χ4v) is 7.56. The maximum atomic E-state index is 9.63. The van der Waals surface area contributed by atoms with Crippen LogP contribution in [0.5, 0.6) is 0 Å². The predicted octanol–water partition coefficient (Wildman–Crippen LogP) is 11.5. The van der Waals surface area contributed by atoms with E-state index >= 15 is 0 Å². The summed E-state index contributed by atoms with van der Waals surface area (Å²) in [7, 11) is 0. The molecule has 10 aromatic rings. The van der Waals surface area contributed by atoms with Crippen LogP contribution >= 0.6 is 0 Å². The van der Waals surface area contributed by atoms with E-state index in [9.17, 15) is 5.26 Å². The number of para-hydroxylation sites is 2. The van der Waals surface area contributed by atoms with Crippen molar-refractivity contribution in [2.75, 3.05) is 0 Å². The third kappa shape index (κ3) is 4.78. The average molecular weight is 664 g/mol. The van der Waals surface area contributed by atoms with E-state index in [1.54, 1.807) is 0 Å². The van der Waals surface area contributed by atoms with Crippen LogP contribution in [0.15, 0.2) is 176 Å². The van der Waals surface area contributed by atoms with Crippen LogP contribution in [0.3, 0.4) is 0 Å². The van der Waals surface area contributed by atoms with Crippen molar-refractivity contribution in [1.29, 1.82) is 5.26 Å². The summed E-state index contributed by atoms with van der Waals surface area (Å²) in [5.74, 6) is 0.627. The molecular weight excluding hydrogens is 635 g/mol. The summed E-state index contributed by atoms with van der Waals surface area (Å²) in [5, 5.41) is 14.2. The Morgan fingerprint density at radius 3 is 1.63 bits per heavy atom. The molecule has 0 N–H and O–H groups in total. The molecule has 5 nitrogen and oxygen atoms in total. The van der Waals surface area contributed by atoms with Crippen LogP contribution in [-0.2, 0) is 0 Å². The van der Waals surface area contributed by atoms with E-state index in [2.05, 4.69) is 137 Å². The topological polar surface area (TPSA) is 59.4 Å². The van der Waals surface area contributed by atoms with E-state index in [0.717, 1.165) is 82.9 Å². The van der Waals surface area contributed by atoms with Crippen molar-refractivity contribution in [2.45, 2.75) is 0 Å². The minimum atomic E-state index is 0.627. The molecule has 10 rings (SSSR count). The van der Waals surface area contributed by atoms with Gasteiger partial charge in [0.25, 0.3) is 0 Å². The quantitative estimate of drug-likeness (QED) is 0.184. The summed E-state index contributed by atoms with van der Waals surface area (Å²) in [6.07, 6.45) is 0. The van der Waals surface area contributed by atoms with Crippen molar-refractivity contribution in [3.05, 3.63) is 181 Å². The van der Waals surface area contributed by atoms with E-state index in [4.69, 9.17) is 9.97 Å². The largest absolute Gasteiger partial charge is 0.309 e. The number of fused-ring (bicyclic) bond motifs is 6. The molecule has 0 aliphatic carbocycles. The van der Waals surface area contributed by atoms with Gasteiger partial charge in [0.2, 0.25) is 5.95 Å². The van der Waals surface area contributed by atoms with Gasteiger partial charge in [0, 0.05) is 38.4 Å². The van der Waals surface area contributed by atoms with E-state index in [-0.39, 0.29) is 0 Å². The summed E-state index contributed by atoms with van der Waals surface area (Å²) in [6.45, 7) is 0. The Kier molecular flexibility index (Phi) is 6.80. The van der Waals surface area contributed by atoms with Gasteiger partial charge in [-0.05, 0) is 65.7 Å². The molecule has 7 aromatic carbocycles. The van der Waals surface area contributed by atoms with Gasteiger partial charge < -0.3 is 4.57 Å². The van der Waals surface area contributed by atoms with Gasteiger partial charge in [0.05, 0.1) is 45.1 Å². The van der Waals surface area contributed by atoms with E-state index in [1.807, 2.05) is 54.6 Å². The first-order valence-corrected chi connectivity index (χ1v) is 17.3. The summed E-state index contributed by atoms with van der Waals surface area (Å²) in [5.41, 5.74) is 11.9. The highest BCUT2D eigenvalue weighted by atomic mass is 15.2. The first-order valence-electron chi connectivity index (χ1n) is 17.3. The zero-order chi connectivity index (χ0) is 34.6. The highest BCUT2D eigenvalue weighted by Gasteiger charge is 2.19. The predicted molar refractivity (Wildman–Crippen MR) is 212 cm³/mol. The van der Waals surface area contributed by atoms with Gasteiger partial charge in [-0.2, -0.15) is 5.26 Å². The van der Waals surface area contributed by atoms with Crippen molar-refractivity contribution in [3.63, 3.8) is 0 Å². The maximum Gasteiger partial charge on any atom is 0.235 e. The second-order valence-corrected chi connectivity index (χ2v) is 13.0. The van der Waals surface area contributed by atoms with E-state index < -0.39 is 0 Å². The van der Waals surface area contributed by atoms with Crippen LogP contribution < -0.4 is 0 Å². The van der Waals surface area contributed by atoms with Gasteiger partial charge in [-0.25, -0.2) is 9.97 Å². The van der Waals surface area contributed by atoms with Gasteiger partial charge in [-0.15, -0.1) is 0 Å². The number of hydrogen-bond acceptors (Lipinski definition) is 3. The molecular formula is C47H29N5. The zero-order valence-corrected chi connectivity index (χ0v) is 28.0. The minimum absolute atomic E-state index is 0.627. The van der Waals surface area contributed by atoms with Gasteiger partial charge in [-0.3, -0.25) is 4.57 Å². The molecule has 3 aromatic heterocycles. The molecule has 0 atom stereocenters. The third-order valence-electron chi connectivity index (χ3n) is 9.97. The molecule has 0 aliphatic heterocycles. The lowest BCUT2D eigenvalue weighted by atomic mass is 10.0. The van der Waals surface area contributed by atoms with E-state index in [1.165, 1.54) is 0 Å². The van der Waals surface area contributed by atoms with Crippen LogP contribution in [0.1, 0.15) is 5.56 Å². The lowest BCUT2D eigenvalue weighted by molar-refractivity contribution is 0.996. The lowest BCUT2D eigenvalue weighted by Gasteiger charge is -2.12. The summed E-state index contributed by atoms with van der Waals surface area (Å²) >= 11 is 0. The summed E-state index contributed by atoms with van der Waals surface area (Å²) < 4.78 is 4.46. The number of aromatic nitrogens is 4. The third-order valence-corrected chi connectivity index (χ3v) is 9.97. The monoisotopic (exact) mass is 663 g/mol. The second-order valence-electron chi connectivity index (χ2n) is 13.0. The fourth-order valence-electron chi connectivity index (χ4n) is 7.56. The highest BCUT2D eigenvalue weighted by molar-refractivity contribution is 6.12. The van der Waals surface area contributed by atoms with Crippen LogP contribution in [0.2, 0.25) is 0 Å². The molecule has 0 unspecified atom stereocenters. The second kappa shape index (κ2) is 11.9. The summed E-state index contributed by atoms with van der Waals surface area (Å²) in [6, 6.07) is 63.1. The molecule has 0 saturated heterocycles. The zero-order valence-electron chi connectivity index (χ0n) is 28.0. The maximum absolute atomic E-state index is 9.63. The Bertz CT molecular complexity index is 2960. The Hall–Kier alpha value is -7.29. The number of nitrogens with zero attached hydrogens (tertiary/aromatic N) is 5. The van der Waals surface area contributed by atoms with Crippen molar-refractivity contribution in [1.82, 2.24) is 19.1 Å². The molecule has 0 radical (unpaired) electrons. The van der Waals surface area contributed by atoms with Gasteiger partial charge in [0.1, 0.15) is 0 Å². The Labute approximate surface area is 299 Å². The Balaban J connectivity index is 1.20. The number of hydrogen-bond donors (Lipinski definition) is 0. The minimum Gasteiger partial charge on any atom is -0.309 e. The SMILES string of the molecule is N#Cc1cccc(-n2c3ccccc3c3cc(-c4ccc5c6ccccc6n(-c6nc(-c7ccccc7)cc(-c7ccccc7)n6)c5c4)ccc32)c1. The fraction of sp³-hybridized carbons (Fsp3) is 0. The molecule has 0 fully saturated rings. The first-order chi connectivity index (χ1) is 25.7. The molecule has 242 valence electrons. The molecule has 0 amide bonds. The standard InChI is InChI=1S/C47H29N5/c48-30-31-12-11-17-36(26-31)51-43-20-9-8-19-38(43)40-27-34(23-25-45(40)51)35-22-24-39-37-18-7-10-21-44(37)52(46(39)28-35)47-49-41(32-13-3-1-4-14-32)29-42(50-47)33-15-5-2-6-16-33/h1-29H. The van der Waals surface area contributed by atoms with E-state index in [0.29, 0.717) is 11.5 Å². The number of rotatable bonds is 5. The van der Waals surface area contributed by atoms with Crippen molar-refractivity contribution < 1.29 is 0 Å². The van der Waals surface area contributed by atoms with Gasteiger partial charge >= 0.3 is 0 Å². The smallest absolute Gasteiger partial charge is 0.235 e. The van der Waals surface area contributed by atoms with Crippen LogP contribution in [0.25, 0.3) is 88.9 Å². The summed E-state index contributed by atoms with van der Waals surface area (Å²) in [4.78, 5) is 10.4. The molecule has 0 saturated carbocycles. The molecule has 0 bridgehead atoms. The molecule has 5 heteroatoms. The number of nitriles is 1. The van der Waals surface area contributed by atoms with Crippen molar-refractivity contribution in [3.8, 4) is 51.3 Å². The average Bonchev–Trinajstić information content (AvgIpc) is 3.73. The van der Waals surface area contributed by atoms with Crippen LogP contribution in [0.4, 0.5) is 0 Å². The molecule has 0 aliphatic rings. The van der Waals surface area contributed by atoms with Crippen molar-refractivity contribution in [2.24, 2.45) is 0 Å². The number of benzene rings is 7. The highest BCUT2D eigenvalue weighted by Crippen LogP contribution is 2.38. The van der Waals surface area contributed by atoms with Crippen molar-refractivity contribution >= 4 is 43.6 Å². The first kappa shape index (κ1) is 29.6. The molecule has 3 heterocycles. The van der Waals surface area contributed by atoms with Gasteiger partial charge in [0.15, 0.2) is 0 Å². The lowest BCUT2D eigenvalue weighted by Crippen LogP contribution is -2.04. The molecule has 52 heavy (non-hydrogen) atoms. The molecule has 0 spiro atoms. The Morgan fingerprint density at radius 2 is 0.942 bits per heavy atom. The Morgan fingerprint density at radius 1 is 0.385 bits per heavy atom. The van der Waals surface area contributed by atoms with Gasteiger partial charge in [-0.1, -0.05) is 121 Å². The van der Waals surface area contributed by atoms with Crippen LogP contribution in [-0.4, -0.2) is 19.1 Å².